The molecule has 4 unspecified atom stereocenters. The van der Waals surface area contributed by atoms with E-state index in [1.165, 1.54) is 13.8 Å². The van der Waals surface area contributed by atoms with Crippen LogP contribution in [-0.4, -0.2) is 131 Å². The van der Waals surface area contributed by atoms with E-state index in [9.17, 15) is 48.3 Å². The minimum atomic E-state index is -1.68. The van der Waals surface area contributed by atoms with Gasteiger partial charge < -0.3 is 64.0 Å². The number of nitrogens with two attached hydrogens (primary N) is 2. The summed E-state index contributed by atoms with van der Waals surface area (Å²) in [6, 6.07) is -9.17. The first kappa shape index (κ1) is 51.1. The summed E-state index contributed by atoms with van der Waals surface area (Å²) in [5.74, 6) is -8.25. The molecule has 0 aromatic carbocycles. The van der Waals surface area contributed by atoms with E-state index in [0.29, 0.717) is 32.4 Å². The van der Waals surface area contributed by atoms with Crippen LogP contribution in [-0.2, 0) is 43.2 Å². The molecule has 0 aliphatic heterocycles. The third-order valence-corrected chi connectivity index (χ3v) is 8.38. The Morgan fingerprint density at radius 2 is 0.929 bits per heavy atom. The summed E-state index contributed by atoms with van der Waals surface area (Å²) in [5.41, 5.74) is 11.1. The zero-order valence-electron chi connectivity index (χ0n) is 33.0. The molecular formula is C35H63N9O12. The number of amides is 7. The van der Waals surface area contributed by atoms with Crippen molar-refractivity contribution >= 4 is 53.3 Å². The van der Waals surface area contributed by atoms with Crippen molar-refractivity contribution in [2.75, 3.05) is 19.7 Å². The van der Waals surface area contributed by atoms with Gasteiger partial charge in [-0.1, -0.05) is 20.3 Å². The Kier molecular flexibility index (Phi) is 25.2. The molecule has 0 saturated carbocycles. The number of carboxylic acid groups (broad SMARTS) is 2. The van der Waals surface area contributed by atoms with E-state index in [2.05, 4.69) is 37.2 Å². The van der Waals surface area contributed by atoms with Crippen LogP contribution in [0.4, 0.5) is 0 Å². The Hall–Kier alpha value is -4.89. The number of aliphatic carboxylic acids is 2. The van der Waals surface area contributed by atoms with Gasteiger partial charge in [0.1, 0.15) is 42.3 Å². The highest BCUT2D eigenvalue weighted by Crippen LogP contribution is 2.09. The number of aliphatic hydroxyl groups excluding tert-OH is 1. The predicted octanol–water partition coefficient (Wildman–Crippen LogP) is -2.92. The molecule has 7 atom stereocenters. The Balaban J connectivity index is 5.75. The molecule has 21 nitrogen and oxygen atoms in total. The van der Waals surface area contributed by atoms with Gasteiger partial charge in [-0.25, -0.2) is 0 Å². The third kappa shape index (κ3) is 21.3. The molecule has 0 aliphatic rings. The van der Waals surface area contributed by atoms with Gasteiger partial charge in [-0.2, -0.15) is 0 Å². The summed E-state index contributed by atoms with van der Waals surface area (Å²) in [4.78, 5) is 113. The number of hydrogen-bond donors (Lipinski definition) is 12. The lowest BCUT2D eigenvalue weighted by atomic mass is 10.0. The molecule has 0 fully saturated rings. The van der Waals surface area contributed by atoms with Crippen molar-refractivity contribution in [3.63, 3.8) is 0 Å². The molecule has 0 bridgehead atoms. The summed E-state index contributed by atoms with van der Waals surface area (Å²) in [7, 11) is 0. The maximum Gasteiger partial charge on any atom is 0.325 e. The van der Waals surface area contributed by atoms with Gasteiger partial charge in [0.15, 0.2) is 0 Å². The average molecular weight is 802 g/mol. The monoisotopic (exact) mass is 801 g/mol. The van der Waals surface area contributed by atoms with E-state index in [1.807, 2.05) is 13.8 Å². The van der Waals surface area contributed by atoms with Gasteiger partial charge in [-0.15, -0.1) is 0 Å². The number of hydrogen-bond acceptors (Lipinski definition) is 12. The number of rotatable bonds is 29. The number of aliphatic hydroxyl groups is 1. The van der Waals surface area contributed by atoms with Gasteiger partial charge in [0, 0.05) is 12.8 Å². The number of carboxylic acids is 2. The second kappa shape index (κ2) is 27.7. The van der Waals surface area contributed by atoms with E-state index in [1.54, 1.807) is 0 Å². The lowest BCUT2D eigenvalue weighted by molar-refractivity contribution is -0.142. The smallest absolute Gasteiger partial charge is 0.325 e. The largest absolute Gasteiger partial charge is 0.481 e. The summed E-state index contributed by atoms with van der Waals surface area (Å²) in [5, 5.41) is 44.9. The van der Waals surface area contributed by atoms with Crippen molar-refractivity contribution in [2.45, 2.75) is 141 Å². The van der Waals surface area contributed by atoms with Crippen molar-refractivity contribution < 1.29 is 58.5 Å². The van der Waals surface area contributed by atoms with Crippen LogP contribution in [0.3, 0.4) is 0 Å². The minimum absolute atomic E-state index is 0.0708. The Bertz CT molecular complexity index is 1330. The summed E-state index contributed by atoms with van der Waals surface area (Å²) in [6.07, 6.45) is 2.52. The highest BCUT2D eigenvalue weighted by atomic mass is 16.4. The molecule has 0 aliphatic carbocycles. The summed E-state index contributed by atoms with van der Waals surface area (Å²) < 4.78 is 0. The highest BCUT2D eigenvalue weighted by Gasteiger charge is 2.32. The zero-order valence-corrected chi connectivity index (χ0v) is 33.0. The van der Waals surface area contributed by atoms with Gasteiger partial charge >= 0.3 is 11.9 Å². The van der Waals surface area contributed by atoms with Crippen molar-refractivity contribution in [3.05, 3.63) is 0 Å². The SMILES string of the molecule is CC(C)C[C@H](NC(=O)C(C)NC(=O)CCCCCN)C(=O)NC(CCCCN)C(=O)N[C@@H](C)C(=O)NC(CO)C(=O)N[C@@H](CCC(=O)O)C(=O)NC(C)C(=O)O. The van der Waals surface area contributed by atoms with Crippen molar-refractivity contribution in [2.24, 2.45) is 17.4 Å². The molecule has 56 heavy (non-hydrogen) atoms. The van der Waals surface area contributed by atoms with E-state index in [0.717, 1.165) is 19.8 Å². The second-order valence-electron chi connectivity index (χ2n) is 14.0. The lowest BCUT2D eigenvalue weighted by Crippen LogP contribution is -2.60. The fraction of sp³-hybridized carbons (Fsp3) is 0.743. The first-order valence-corrected chi connectivity index (χ1v) is 18.8. The maximum absolute atomic E-state index is 13.5. The summed E-state index contributed by atoms with van der Waals surface area (Å²) in [6.45, 7) is 7.39. The molecule has 320 valence electrons. The second-order valence-corrected chi connectivity index (χ2v) is 14.0. The number of nitrogens with one attached hydrogen (secondary N) is 7. The van der Waals surface area contributed by atoms with Crippen LogP contribution < -0.4 is 48.7 Å². The van der Waals surface area contributed by atoms with Crippen LogP contribution in [0.5, 0.6) is 0 Å². The van der Waals surface area contributed by atoms with E-state index in [4.69, 9.17) is 21.7 Å². The molecule has 0 spiro atoms. The van der Waals surface area contributed by atoms with E-state index >= 15 is 0 Å². The fourth-order valence-electron chi connectivity index (χ4n) is 5.07. The molecule has 14 N–H and O–H groups in total. The molecular weight excluding hydrogens is 738 g/mol. The van der Waals surface area contributed by atoms with Gasteiger partial charge in [-0.3, -0.25) is 43.2 Å². The van der Waals surface area contributed by atoms with Crippen molar-refractivity contribution in [1.82, 2.24) is 37.2 Å². The average Bonchev–Trinajstić information content (AvgIpc) is 3.12. The van der Waals surface area contributed by atoms with Crippen LogP contribution in [0, 0.1) is 5.92 Å². The molecule has 0 aromatic rings. The fourth-order valence-corrected chi connectivity index (χ4v) is 5.07. The van der Waals surface area contributed by atoms with Crippen LogP contribution in [0.1, 0.15) is 98.8 Å². The molecule has 0 heterocycles. The topological polar surface area (TPSA) is 351 Å². The van der Waals surface area contributed by atoms with Gasteiger partial charge in [0.2, 0.25) is 41.4 Å². The molecule has 0 saturated heterocycles. The molecule has 0 radical (unpaired) electrons. The first-order chi connectivity index (χ1) is 26.3. The number of carbonyl (C=O) groups is 9. The van der Waals surface area contributed by atoms with Crippen LogP contribution >= 0.6 is 0 Å². The van der Waals surface area contributed by atoms with Crippen molar-refractivity contribution in [3.8, 4) is 0 Å². The molecule has 21 heteroatoms. The molecule has 0 rings (SSSR count). The minimum Gasteiger partial charge on any atom is -0.481 e. The molecule has 0 aromatic heterocycles. The Morgan fingerprint density at radius 3 is 1.43 bits per heavy atom. The van der Waals surface area contributed by atoms with E-state index < -0.39 is 109 Å². The van der Waals surface area contributed by atoms with Crippen LogP contribution in [0.2, 0.25) is 0 Å². The Labute approximate surface area is 327 Å². The van der Waals surface area contributed by atoms with Crippen molar-refractivity contribution in [1.29, 1.82) is 0 Å². The number of unbranched alkanes of at least 4 members (excludes halogenated alkanes) is 3. The maximum atomic E-state index is 13.5. The highest BCUT2D eigenvalue weighted by molar-refractivity contribution is 5.97. The van der Waals surface area contributed by atoms with Crippen LogP contribution in [0.15, 0.2) is 0 Å². The quantitative estimate of drug-likeness (QED) is 0.0337. The van der Waals surface area contributed by atoms with Gasteiger partial charge in [-0.05, 0) is 84.7 Å². The normalized spacial score (nSPS) is 14.7. The summed E-state index contributed by atoms with van der Waals surface area (Å²) >= 11 is 0. The van der Waals surface area contributed by atoms with E-state index in [-0.39, 0.29) is 31.1 Å². The zero-order chi connectivity index (χ0) is 43.0. The molecule has 7 amide bonds. The Morgan fingerprint density at radius 1 is 0.482 bits per heavy atom. The van der Waals surface area contributed by atoms with Gasteiger partial charge in [0.05, 0.1) is 6.61 Å². The third-order valence-electron chi connectivity index (χ3n) is 8.38. The standard InChI is InChI=1S/C35H63N9O12/c1-19(2)17-25(43-29(49)20(3)38-27(46)12-7-6-9-15-36)33(53)41-23(11-8-10-16-37)31(51)39-21(4)30(50)44-26(18-45)34(54)42-24(13-14-28(47)48)32(52)40-22(5)35(55)56/h19-26,45H,6-18,36-37H2,1-5H3,(H,38,46)(H,39,51)(H,40,52)(H,41,53)(H,42,54)(H,43,49)(H,44,50)(H,47,48)(H,55,56)/t20?,21-,22?,23?,24-,25-,26?/m0/s1. The lowest BCUT2D eigenvalue weighted by Gasteiger charge is -2.27. The first-order valence-electron chi connectivity index (χ1n) is 18.8. The van der Waals surface area contributed by atoms with Gasteiger partial charge in [0.25, 0.3) is 0 Å². The number of carbonyl (C=O) groups excluding carboxylic acids is 7. The predicted molar refractivity (Wildman–Crippen MR) is 202 cm³/mol. The van der Waals surface area contributed by atoms with Crippen LogP contribution in [0.25, 0.3) is 0 Å².